The Labute approximate surface area is 244 Å². The van der Waals surface area contributed by atoms with Gasteiger partial charge in [0.2, 0.25) is 11.8 Å². The molecule has 0 aromatic carbocycles. The molecule has 41 heavy (non-hydrogen) atoms. The number of nitrogens with zero attached hydrogens (tertiary/aromatic N) is 3. The predicted molar refractivity (Wildman–Crippen MR) is 154 cm³/mol. The van der Waals surface area contributed by atoms with Crippen molar-refractivity contribution in [2.75, 3.05) is 59.2 Å². The zero-order valence-corrected chi connectivity index (χ0v) is 25.1. The van der Waals surface area contributed by atoms with E-state index in [1.807, 2.05) is 20.8 Å². The number of amides is 2. The highest BCUT2D eigenvalue weighted by atomic mass is 16.6. The summed E-state index contributed by atoms with van der Waals surface area (Å²) in [6.45, 7) is 17.8. The molecule has 4 heterocycles. The van der Waals surface area contributed by atoms with Crippen molar-refractivity contribution in [3.8, 4) is 0 Å². The molecule has 4 aliphatic heterocycles. The smallest absolute Gasteiger partial charge is 0.312 e. The van der Waals surface area contributed by atoms with E-state index < -0.39 is 41.1 Å². The summed E-state index contributed by atoms with van der Waals surface area (Å²) < 4.78 is 18.0. The maximum absolute atomic E-state index is 14.6. The number of unbranched alkanes of at least 4 members (excludes halogenated alkanes) is 1. The van der Waals surface area contributed by atoms with Gasteiger partial charge in [-0.3, -0.25) is 19.3 Å². The first-order valence-corrected chi connectivity index (χ1v) is 15.3. The Morgan fingerprint density at radius 1 is 1.22 bits per heavy atom. The number of likely N-dealkylation sites (tertiary alicyclic amines) is 1. The highest BCUT2D eigenvalue weighted by Gasteiger charge is 2.79. The fourth-order valence-corrected chi connectivity index (χ4v) is 7.47. The molecule has 230 valence electrons. The van der Waals surface area contributed by atoms with Crippen LogP contribution in [0.3, 0.4) is 0 Å². The van der Waals surface area contributed by atoms with Gasteiger partial charge in [-0.05, 0) is 38.0 Å². The standard InChI is InChI=1S/C31H49N3O7/c1-6-9-10-18-40-29(38)25-24-27(36)34(23(21-35)22(4)5)26(31(24)12-11-30(25,8-3)41-31)28(37)33(13-7-2)15-14-32-16-19-39-20-17-32/h6-7,22-26,35H,1-2,8-21H2,3-5H3/t23-,24-,25-,26?,30+,31?/m0/s1. The molecule has 4 saturated heterocycles. The van der Waals surface area contributed by atoms with Gasteiger partial charge in [0, 0.05) is 32.7 Å². The molecule has 0 aromatic heterocycles. The molecule has 2 unspecified atom stereocenters. The number of morpholine rings is 1. The number of hydrogen-bond donors (Lipinski definition) is 1. The van der Waals surface area contributed by atoms with Gasteiger partial charge in [-0.2, -0.15) is 0 Å². The SMILES string of the molecule is C=CCCCOC(=O)[C@@H]1[C@H]2C(=O)N([C@@H](CO)C(C)C)C(C(=O)N(CC=C)CCN3CCOCC3)C23CC[C@@]1(CC)O3. The lowest BCUT2D eigenvalue weighted by molar-refractivity contribution is -0.164. The van der Waals surface area contributed by atoms with Crippen molar-refractivity contribution in [2.24, 2.45) is 17.8 Å². The molecule has 0 radical (unpaired) electrons. The van der Waals surface area contributed by atoms with Crippen LogP contribution < -0.4 is 0 Å². The average molecular weight is 576 g/mol. The second-order valence-electron chi connectivity index (χ2n) is 12.2. The lowest BCUT2D eigenvalue weighted by Gasteiger charge is -2.41. The van der Waals surface area contributed by atoms with E-state index in [0.717, 1.165) is 19.5 Å². The van der Waals surface area contributed by atoms with Crippen molar-refractivity contribution < 1.29 is 33.7 Å². The molecular weight excluding hydrogens is 526 g/mol. The van der Waals surface area contributed by atoms with E-state index >= 15 is 0 Å². The van der Waals surface area contributed by atoms with Crippen LogP contribution in [0.4, 0.5) is 0 Å². The number of ether oxygens (including phenoxy) is 3. The van der Waals surface area contributed by atoms with E-state index in [4.69, 9.17) is 14.2 Å². The van der Waals surface area contributed by atoms with Gasteiger partial charge in [-0.1, -0.05) is 32.9 Å². The monoisotopic (exact) mass is 575 g/mol. The number of aliphatic hydroxyl groups is 1. The third kappa shape index (κ3) is 5.72. The van der Waals surface area contributed by atoms with E-state index in [2.05, 4.69) is 18.1 Å². The van der Waals surface area contributed by atoms with Gasteiger partial charge in [0.25, 0.3) is 0 Å². The van der Waals surface area contributed by atoms with Gasteiger partial charge < -0.3 is 29.1 Å². The minimum Gasteiger partial charge on any atom is -0.465 e. The number of carbonyl (C=O) groups is 3. The summed E-state index contributed by atoms with van der Waals surface area (Å²) in [6.07, 6.45) is 6.44. The Balaban J connectivity index is 1.70. The van der Waals surface area contributed by atoms with Crippen LogP contribution in [0.15, 0.2) is 25.3 Å². The minimum atomic E-state index is -1.16. The van der Waals surface area contributed by atoms with Crippen LogP contribution in [-0.4, -0.2) is 120 Å². The van der Waals surface area contributed by atoms with Gasteiger partial charge >= 0.3 is 5.97 Å². The van der Waals surface area contributed by atoms with Crippen LogP contribution >= 0.6 is 0 Å². The molecule has 0 aromatic rings. The molecule has 10 nitrogen and oxygen atoms in total. The molecule has 6 atom stereocenters. The number of rotatable bonds is 15. The van der Waals surface area contributed by atoms with Crippen LogP contribution in [0, 0.1) is 17.8 Å². The normalized spacial score (nSPS) is 31.8. The van der Waals surface area contributed by atoms with Gasteiger partial charge in [0.15, 0.2) is 0 Å². The number of esters is 1. The lowest BCUT2D eigenvalue weighted by atomic mass is 9.65. The Bertz CT molecular complexity index is 983. The molecule has 0 aliphatic carbocycles. The van der Waals surface area contributed by atoms with E-state index in [0.29, 0.717) is 58.5 Å². The first-order valence-electron chi connectivity index (χ1n) is 15.3. The largest absolute Gasteiger partial charge is 0.465 e. The zero-order chi connectivity index (χ0) is 29.8. The maximum Gasteiger partial charge on any atom is 0.312 e. The van der Waals surface area contributed by atoms with Crippen molar-refractivity contribution in [3.05, 3.63) is 25.3 Å². The van der Waals surface area contributed by atoms with Gasteiger partial charge in [-0.25, -0.2) is 0 Å². The number of aliphatic hydroxyl groups excluding tert-OH is 1. The molecule has 4 fully saturated rings. The highest BCUT2D eigenvalue weighted by molar-refractivity contribution is 5.98. The molecule has 2 amide bonds. The average Bonchev–Trinajstić information content (AvgIpc) is 3.57. The molecule has 1 spiro atoms. The fourth-order valence-electron chi connectivity index (χ4n) is 7.47. The summed E-state index contributed by atoms with van der Waals surface area (Å²) >= 11 is 0. The van der Waals surface area contributed by atoms with E-state index in [9.17, 15) is 19.5 Å². The number of hydrogen-bond acceptors (Lipinski definition) is 8. The topological polar surface area (TPSA) is 109 Å². The van der Waals surface area contributed by atoms with Crippen LogP contribution in [0.5, 0.6) is 0 Å². The Morgan fingerprint density at radius 2 is 1.95 bits per heavy atom. The Morgan fingerprint density at radius 3 is 2.56 bits per heavy atom. The molecule has 10 heteroatoms. The second-order valence-corrected chi connectivity index (χ2v) is 12.2. The predicted octanol–water partition coefficient (Wildman–Crippen LogP) is 2.01. The number of allylic oxidation sites excluding steroid dienone is 1. The van der Waals surface area contributed by atoms with Gasteiger partial charge in [0.05, 0.1) is 44.0 Å². The molecule has 2 bridgehead atoms. The molecule has 1 N–H and O–H groups in total. The van der Waals surface area contributed by atoms with Gasteiger partial charge in [-0.15, -0.1) is 13.2 Å². The lowest BCUT2D eigenvalue weighted by Crippen LogP contribution is -2.60. The molecule has 4 aliphatic rings. The summed E-state index contributed by atoms with van der Waals surface area (Å²) in [5.74, 6) is -2.72. The van der Waals surface area contributed by atoms with E-state index in [1.165, 1.54) is 0 Å². The Kier molecular flexibility index (Phi) is 10.3. The third-order valence-corrected chi connectivity index (χ3v) is 9.67. The van der Waals surface area contributed by atoms with Crippen molar-refractivity contribution in [3.63, 3.8) is 0 Å². The van der Waals surface area contributed by atoms with Crippen molar-refractivity contribution in [2.45, 2.75) is 76.2 Å². The van der Waals surface area contributed by atoms with Crippen LogP contribution in [0.2, 0.25) is 0 Å². The van der Waals surface area contributed by atoms with Gasteiger partial charge in [0.1, 0.15) is 17.6 Å². The second kappa shape index (κ2) is 13.4. The first-order chi connectivity index (χ1) is 19.7. The highest BCUT2D eigenvalue weighted by Crippen LogP contribution is 2.65. The van der Waals surface area contributed by atoms with Crippen molar-refractivity contribution >= 4 is 17.8 Å². The van der Waals surface area contributed by atoms with Crippen LogP contribution in [-0.2, 0) is 28.6 Å². The fraction of sp³-hybridized carbons (Fsp3) is 0.774. The summed E-state index contributed by atoms with van der Waals surface area (Å²) in [5, 5.41) is 10.5. The first kappa shape index (κ1) is 31.7. The minimum absolute atomic E-state index is 0.114. The summed E-state index contributed by atoms with van der Waals surface area (Å²) in [5.41, 5.74) is -2.01. The van der Waals surface area contributed by atoms with Crippen LogP contribution in [0.25, 0.3) is 0 Å². The maximum atomic E-state index is 14.6. The number of fused-ring (bicyclic) bond motifs is 1. The van der Waals surface area contributed by atoms with Crippen molar-refractivity contribution in [1.29, 1.82) is 0 Å². The third-order valence-electron chi connectivity index (χ3n) is 9.67. The molecular formula is C31H49N3O7. The summed E-state index contributed by atoms with van der Waals surface area (Å²) in [6, 6.07) is -1.54. The van der Waals surface area contributed by atoms with Crippen LogP contribution in [0.1, 0.15) is 52.9 Å². The summed E-state index contributed by atoms with van der Waals surface area (Å²) in [7, 11) is 0. The van der Waals surface area contributed by atoms with Crippen molar-refractivity contribution in [1.82, 2.24) is 14.7 Å². The van der Waals surface area contributed by atoms with E-state index in [1.54, 1.807) is 22.0 Å². The Hall–Kier alpha value is -2.27. The van der Waals surface area contributed by atoms with E-state index in [-0.39, 0.29) is 30.9 Å². The summed E-state index contributed by atoms with van der Waals surface area (Å²) in [4.78, 5) is 48.2. The molecule has 4 rings (SSSR count). The quantitative estimate of drug-likeness (QED) is 0.180. The molecule has 0 saturated carbocycles. The number of carbonyl (C=O) groups excluding carboxylic acids is 3. The zero-order valence-electron chi connectivity index (χ0n) is 25.1.